The van der Waals surface area contributed by atoms with Crippen molar-refractivity contribution >= 4 is 28.8 Å². The van der Waals surface area contributed by atoms with Crippen LogP contribution in [0.15, 0.2) is 30.3 Å². The Bertz CT molecular complexity index is 1260. The lowest BCUT2D eigenvalue weighted by Crippen LogP contribution is -2.09. The maximum Gasteiger partial charge on any atom is 0.226 e. The third-order valence-corrected chi connectivity index (χ3v) is 4.58. The Hall–Kier alpha value is -3.95. The second-order valence-electron chi connectivity index (χ2n) is 6.29. The monoisotopic (exact) mass is 411 g/mol. The Morgan fingerprint density at radius 2 is 1.87 bits per heavy atom. The highest BCUT2D eigenvalue weighted by Crippen LogP contribution is 2.30. The minimum Gasteiger partial charge on any atom is -0.497 e. The number of hydrogen-bond donors (Lipinski definition) is 1. The molecule has 154 valence electrons. The van der Waals surface area contributed by atoms with Crippen LogP contribution in [0.1, 0.15) is 16.2 Å². The minimum atomic E-state index is -0.512. The first-order valence-corrected chi connectivity index (χ1v) is 8.92. The van der Waals surface area contributed by atoms with Gasteiger partial charge >= 0.3 is 0 Å². The molecule has 0 aliphatic heterocycles. The lowest BCUT2D eigenvalue weighted by atomic mass is 10.2. The van der Waals surface area contributed by atoms with Gasteiger partial charge in [0.25, 0.3) is 0 Å². The fourth-order valence-corrected chi connectivity index (χ4v) is 3.16. The first-order valence-electron chi connectivity index (χ1n) is 8.92. The van der Waals surface area contributed by atoms with Crippen molar-refractivity contribution in [2.75, 3.05) is 26.6 Å². The second kappa shape index (κ2) is 7.82. The second-order valence-corrected chi connectivity index (χ2v) is 6.29. The highest BCUT2D eigenvalue weighted by Gasteiger charge is 2.17. The zero-order valence-corrected chi connectivity index (χ0v) is 16.5. The third kappa shape index (κ3) is 3.32. The summed E-state index contributed by atoms with van der Waals surface area (Å²) in [4.78, 5) is 20.0. The summed E-state index contributed by atoms with van der Waals surface area (Å²) in [6, 6.07) is 7.96. The Morgan fingerprint density at radius 1 is 1.07 bits per heavy atom. The number of benzene rings is 2. The molecule has 0 aliphatic carbocycles. The van der Waals surface area contributed by atoms with Crippen molar-refractivity contribution in [2.45, 2.75) is 6.54 Å². The van der Waals surface area contributed by atoms with Gasteiger partial charge in [-0.2, -0.15) is 4.52 Å². The van der Waals surface area contributed by atoms with Gasteiger partial charge in [0, 0.05) is 24.2 Å². The van der Waals surface area contributed by atoms with E-state index in [0.29, 0.717) is 41.2 Å². The molecule has 0 amide bonds. The maximum absolute atomic E-state index is 14.0. The molecule has 9 nitrogen and oxygen atoms in total. The summed E-state index contributed by atoms with van der Waals surface area (Å²) >= 11 is 0. The highest BCUT2D eigenvalue weighted by molar-refractivity contribution is 5.96. The van der Waals surface area contributed by atoms with Crippen LogP contribution in [0.3, 0.4) is 0 Å². The molecule has 0 unspecified atom stereocenters. The number of aromatic nitrogens is 4. The number of nitrogens with zero attached hydrogens (tertiary/aromatic N) is 4. The lowest BCUT2D eigenvalue weighted by Gasteiger charge is -2.13. The van der Waals surface area contributed by atoms with Gasteiger partial charge in [-0.25, -0.2) is 14.4 Å². The number of anilines is 1. The minimum absolute atomic E-state index is 0.0439. The Morgan fingerprint density at radius 3 is 2.57 bits per heavy atom. The predicted octanol–water partition coefficient (Wildman–Crippen LogP) is 2.87. The van der Waals surface area contributed by atoms with E-state index >= 15 is 0 Å². The standard InChI is InChI=1S/C20H18FN5O4/c1-28-13-5-4-11(15(8-13)29-2)9-22-20-24-18-14(6-12(21)7-16(18)30-3)19-23-17(10-27)25-26(19)20/h4-8,10H,9H2,1-3H3,(H,22,24). The van der Waals surface area contributed by atoms with E-state index < -0.39 is 5.82 Å². The SMILES string of the molecule is COc1ccc(CNc2nc3c(OC)cc(F)cc3c3nc(C=O)nn23)c(OC)c1. The fourth-order valence-electron chi connectivity index (χ4n) is 3.16. The van der Waals surface area contributed by atoms with Crippen LogP contribution in [-0.2, 0) is 6.54 Å². The summed E-state index contributed by atoms with van der Waals surface area (Å²) in [7, 11) is 4.57. The number of hydrogen-bond acceptors (Lipinski definition) is 8. The van der Waals surface area contributed by atoms with E-state index in [1.807, 2.05) is 12.1 Å². The largest absolute Gasteiger partial charge is 0.497 e. The van der Waals surface area contributed by atoms with Gasteiger partial charge in [-0.15, -0.1) is 5.10 Å². The van der Waals surface area contributed by atoms with Crippen LogP contribution < -0.4 is 19.5 Å². The highest BCUT2D eigenvalue weighted by atomic mass is 19.1. The topological polar surface area (TPSA) is 99.9 Å². The number of carbonyl (C=O) groups is 1. The number of halogens is 1. The normalized spacial score (nSPS) is 10.9. The maximum atomic E-state index is 14.0. The molecular formula is C20H18FN5O4. The third-order valence-electron chi connectivity index (χ3n) is 4.58. The quantitative estimate of drug-likeness (QED) is 0.464. The zero-order valence-electron chi connectivity index (χ0n) is 16.5. The van der Waals surface area contributed by atoms with Gasteiger partial charge in [-0.3, -0.25) is 4.79 Å². The van der Waals surface area contributed by atoms with E-state index in [4.69, 9.17) is 14.2 Å². The molecule has 0 saturated carbocycles. The molecule has 0 spiro atoms. The molecule has 0 radical (unpaired) electrons. The van der Waals surface area contributed by atoms with E-state index in [1.165, 1.54) is 23.8 Å². The smallest absolute Gasteiger partial charge is 0.226 e. The number of ether oxygens (including phenoxy) is 3. The molecule has 0 aliphatic rings. The van der Waals surface area contributed by atoms with Crippen LogP contribution >= 0.6 is 0 Å². The fraction of sp³-hybridized carbons (Fsp3) is 0.200. The van der Waals surface area contributed by atoms with Gasteiger partial charge in [-0.05, 0) is 18.2 Å². The summed E-state index contributed by atoms with van der Waals surface area (Å²) in [5.41, 5.74) is 1.51. The van der Waals surface area contributed by atoms with E-state index in [0.717, 1.165) is 5.56 Å². The van der Waals surface area contributed by atoms with Crippen LogP contribution in [0, 0.1) is 5.82 Å². The van der Waals surface area contributed by atoms with Crippen LogP contribution in [0.4, 0.5) is 10.3 Å². The van der Waals surface area contributed by atoms with Crippen molar-refractivity contribution in [3.63, 3.8) is 0 Å². The van der Waals surface area contributed by atoms with Gasteiger partial charge in [0.2, 0.25) is 11.8 Å². The van der Waals surface area contributed by atoms with Gasteiger partial charge in [0.1, 0.15) is 28.6 Å². The molecule has 30 heavy (non-hydrogen) atoms. The Balaban J connectivity index is 1.83. The zero-order chi connectivity index (χ0) is 21.3. The molecule has 0 fully saturated rings. The van der Waals surface area contributed by atoms with Crippen molar-refractivity contribution in [1.29, 1.82) is 0 Å². The van der Waals surface area contributed by atoms with E-state index in [9.17, 15) is 9.18 Å². The molecule has 10 heteroatoms. The van der Waals surface area contributed by atoms with Crippen molar-refractivity contribution in [3.05, 3.63) is 47.5 Å². The number of carbonyl (C=O) groups excluding carboxylic acids is 1. The van der Waals surface area contributed by atoms with E-state index in [-0.39, 0.29) is 17.2 Å². The summed E-state index contributed by atoms with van der Waals surface area (Å²) < 4.78 is 31.3. The molecule has 1 N–H and O–H groups in total. The summed E-state index contributed by atoms with van der Waals surface area (Å²) in [6.45, 7) is 0.334. The van der Waals surface area contributed by atoms with Gasteiger partial charge in [-0.1, -0.05) is 0 Å². The number of methoxy groups -OCH3 is 3. The van der Waals surface area contributed by atoms with Gasteiger partial charge in [0.15, 0.2) is 11.9 Å². The molecule has 0 atom stereocenters. The Kier molecular flexibility index (Phi) is 5.05. The van der Waals surface area contributed by atoms with Crippen LogP contribution in [0.5, 0.6) is 17.2 Å². The molecule has 4 rings (SSSR count). The molecule has 0 saturated heterocycles. The van der Waals surface area contributed by atoms with Crippen LogP contribution in [-0.4, -0.2) is 47.2 Å². The van der Waals surface area contributed by atoms with E-state index in [2.05, 4.69) is 20.4 Å². The van der Waals surface area contributed by atoms with Crippen LogP contribution in [0.2, 0.25) is 0 Å². The number of fused-ring (bicyclic) bond motifs is 3. The molecule has 2 heterocycles. The molecule has 2 aromatic carbocycles. The van der Waals surface area contributed by atoms with Crippen LogP contribution in [0.25, 0.3) is 16.6 Å². The van der Waals surface area contributed by atoms with Crippen molar-refractivity contribution in [1.82, 2.24) is 19.6 Å². The molecule has 4 aromatic rings. The summed E-state index contributed by atoms with van der Waals surface area (Å²) in [5.74, 6) is 1.29. The number of aldehydes is 1. The Labute approximate surface area is 170 Å². The average molecular weight is 411 g/mol. The molecular weight excluding hydrogens is 393 g/mol. The van der Waals surface area contributed by atoms with Gasteiger partial charge < -0.3 is 19.5 Å². The summed E-state index contributed by atoms with van der Waals surface area (Å²) in [5, 5.41) is 7.70. The lowest BCUT2D eigenvalue weighted by molar-refractivity contribution is 0.111. The average Bonchev–Trinajstić information content (AvgIpc) is 3.22. The number of nitrogens with one attached hydrogen (secondary N) is 1. The summed E-state index contributed by atoms with van der Waals surface area (Å²) in [6.07, 6.45) is 0.519. The van der Waals surface area contributed by atoms with Crippen molar-refractivity contribution < 1.29 is 23.4 Å². The van der Waals surface area contributed by atoms with Crippen molar-refractivity contribution in [2.24, 2.45) is 0 Å². The van der Waals surface area contributed by atoms with Crippen molar-refractivity contribution in [3.8, 4) is 17.2 Å². The molecule has 2 aromatic heterocycles. The van der Waals surface area contributed by atoms with Gasteiger partial charge in [0.05, 0.1) is 26.7 Å². The first-order chi connectivity index (χ1) is 14.6. The molecule has 0 bridgehead atoms. The van der Waals surface area contributed by atoms with E-state index in [1.54, 1.807) is 20.3 Å². The first kappa shape index (κ1) is 19.4. The predicted molar refractivity (Wildman–Crippen MR) is 107 cm³/mol. The number of rotatable bonds is 7.